The van der Waals surface area contributed by atoms with Gasteiger partial charge in [0.1, 0.15) is 0 Å². The number of allylic oxidation sites excluding steroid dienone is 4. The summed E-state index contributed by atoms with van der Waals surface area (Å²) in [5.74, 6) is -0.0893. The molecule has 0 spiro atoms. The summed E-state index contributed by atoms with van der Waals surface area (Å²) in [6.45, 7) is 8.64. The standard InChI is InChI=1S/C29H30ClNO2/c1-28(2)14-21-26(23(32)16-28)25(18-9-8-10-19(30)13-18)27-22(15-29(3,4)17-24(27)33)31(21)20-11-6-5-7-12-20/h5-13,25H,14-17H2,1-4H3. The number of Topliss-reactive ketones (excluding diaryl/α,β-unsaturated/α-hetero) is 2. The predicted molar refractivity (Wildman–Crippen MR) is 133 cm³/mol. The average Bonchev–Trinajstić information content (AvgIpc) is 2.71. The average molecular weight is 460 g/mol. The van der Waals surface area contributed by atoms with Crippen LogP contribution in [0.1, 0.15) is 64.9 Å². The second kappa shape index (κ2) is 7.70. The van der Waals surface area contributed by atoms with E-state index in [2.05, 4.69) is 44.7 Å². The van der Waals surface area contributed by atoms with Crippen molar-refractivity contribution < 1.29 is 9.59 Å². The fraction of sp³-hybridized carbons (Fsp3) is 0.379. The first-order valence-corrected chi connectivity index (χ1v) is 12.1. The van der Waals surface area contributed by atoms with Crippen LogP contribution in [0.15, 0.2) is 77.1 Å². The topological polar surface area (TPSA) is 37.4 Å². The summed E-state index contributed by atoms with van der Waals surface area (Å²) >= 11 is 6.39. The Kier molecular flexibility index (Phi) is 5.17. The number of anilines is 1. The third-order valence-electron chi connectivity index (χ3n) is 7.11. The molecule has 2 aliphatic carbocycles. The zero-order valence-electron chi connectivity index (χ0n) is 19.7. The number of carbonyl (C=O) groups is 2. The number of rotatable bonds is 2. The van der Waals surface area contributed by atoms with Crippen LogP contribution in [-0.4, -0.2) is 11.6 Å². The van der Waals surface area contributed by atoms with E-state index >= 15 is 0 Å². The molecule has 0 saturated heterocycles. The molecule has 0 aromatic heterocycles. The Morgan fingerprint density at radius 3 is 1.82 bits per heavy atom. The minimum Gasteiger partial charge on any atom is -0.317 e. The molecule has 33 heavy (non-hydrogen) atoms. The Hall–Kier alpha value is -2.65. The number of hydrogen-bond donors (Lipinski definition) is 0. The van der Waals surface area contributed by atoms with Gasteiger partial charge in [-0.05, 0) is 53.5 Å². The molecule has 0 unspecified atom stereocenters. The number of ketones is 2. The van der Waals surface area contributed by atoms with Gasteiger partial charge in [0, 0.05) is 52.0 Å². The van der Waals surface area contributed by atoms with Crippen LogP contribution >= 0.6 is 11.6 Å². The molecular weight excluding hydrogens is 430 g/mol. The molecule has 0 amide bonds. The van der Waals surface area contributed by atoms with Crippen molar-refractivity contribution in [3.05, 3.63) is 87.7 Å². The molecule has 0 saturated carbocycles. The van der Waals surface area contributed by atoms with Crippen LogP contribution < -0.4 is 4.90 Å². The molecule has 1 heterocycles. The maximum atomic E-state index is 13.7. The molecule has 2 aromatic carbocycles. The largest absolute Gasteiger partial charge is 0.317 e. The van der Waals surface area contributed by atoms with E-state index in [1.54, 1.807) is 0 Å². The van der Waals surface area contributed by atoms with Crippen LogP contribution in [0.3, 0.4) is 0 Å². The fourth-order valence-corrected chi connectivity index (χ4v) is 6.07. The van der Waals surface area contributed by atoms with Gasteiger partial charge in [-0.25, -0.2) is 0 Å². The van der Waals surface area contributed by atoms with E-state index in [1.165, 1.54) is 0 Å². The summed E-state index contributed by atoms with van der Waals surface area (Å²) in [6.07, 6.45) is 2.53. The van der Waals surface area contributed by atoms with E-state index in [0.717, 1.165) is 46.6 Å². The van der Waals surface area contributed by atoms with Crippen LogP contribution in [0, 0.1) is 10.8 Å². The Morgan fingerprint density at radius 1 is 0.758 bits per heavy atom. The van der Waals surface area contributed by atoms with Crippen molar-refractivity contribution in [2.45, 2.75) is 59.3 Å². The highest BCUT2D eigenvalue weighted by atomic mass is 35.5. The van der Waals surface area contributed by atoms with Gasteiger partial charge in [0.15, 0.2) is 11.6 Å². The Labute approximate surface area is 201 Å². The third-order valence-corrected chi connectivity index (χ3v) is 7.34. The van der Waals surface area contributed by atoms with Gasteiger partial charge in [0.25, 0.3) is 0 Å². The monoisotopic (exact) mass is 459 g/mol. The number of hydrogen-bond acceptors (Lipinski definition) is 3. The van der Waals surface area contributed by atoms with Crippen LogP contribution in [-0.2, 0) is 9.59 Å². The highest BCUT2D eigenvalue weighted by Gasteiger charge is 2.49. The zero-order valence-corrected chi connectivity index (χ0v) is 20.5. The van der Waals surface area contributed by atoms with Gasteiger partial charge in [-0.3, -0.25) is 9.59 Å². The van der Waals surface area contributed by atoms with E-state index in [4.69, 9.17) is 11.6 Å². The number of nitrogens with zero attached hydrogens (tertiary/aromatic N) is 1. The lowest BCUT2D eigenvalue weighted by Crippen LogP contribution is -2.44. The fourth-order valence-electron chi connectivity index (χ4n) is 5.87. The predicted octanol–water partition coefficient (Wildman–Crippen LogP) is 7.23. The first-order chi connectivity index (χ1) is 15.6. The van der Waals surface area contributed by atoms with Crippen molar-refractivity contribution in [3.63, 3.8) is 0 Å². The van der Waals surface area contributed by atoms with Gasteiger partial charge in [-0.1, -0.05) is 69.6 Å². The van der Waals surface area contributed by atoms with E-state index in [0.29, 0.717) is 17.9 Å². The van der Waals surface area contributed by atoms with Gasteiger partial charge in [0.05, 0.1) is 0 Å². The lowest BCUT2D eigenvalue weighted by molar-refractivity contribution is -0.119. The minimum atomic E-state index is -0.360. The second-order valence-electron chi connectivity index (χ2n) is 11.3. The van der Waals surface area contributed by atoms with E-state index in [-0.39, 0.29) is 28.3 Å². The Morgan fingerprint density at radius 2 is 1.30 bits per heavy atom. The molecule has 2 aromatic rings. The molecule has 3 nitrogen and oxygen atoms in total. The van der Waals surface area contributed by atoms with Crippen LogP contribution in [0.25, 0.3) is 0 Å². The lowest BCUT2D eigenvalue weighted by Gasteiger charge is -2.49. The van der Waals surface area contributed by atoms with E-state index < -0.39 is 0 Å². The Balaban J connectivity index is 1.84. The summed E-state index contributed by atoms with van der Waals surface area (Å²) in [7, 11) is 0. The van der Waals surface area contributed by atoms with Crippen molar-refractivity contribution in [3.8, 4) is 0 Å². The van der Waals surface area contributed by atoms with E-state index in [1.807, 2.05) is 42.5 Å². The number of carbonyl (C=O) groups excluding carboxylic acids is 2. The molecule has 5 rings (SSSR count). The Bertz CT molecular complexity index is 1170. The summed E-state index contributed by atoms with van der Waals surface area (Å²) in [6, 6.07) is 17.9. The van der Waals surface area contributed by atoms with Gasteiger partial charge >= 0.3 is 0 Å². The van der Waals surface area contributed by atoms with Crippen LogP contribution in [0.4, 0.5) is 5.69 Å². The van der Waals surface area contributed by atoms with Gasteiger partial charge in [-0.15, -0.1) is 0 Å². The maximum absolute atomic E-state index is 13.7. The molecule has 0 radical (unpaired) electrons. The minimum absolute atomic E-state index is 0.136. The quantitative estimate of drug-likeness (QED) is 0.475. The molecule has 170 valence electrons. The summed E-state index contributed by atoms with van der Waals surface area (Å²) in [5.41, 5.74) is 5.27. The molecule has 0 atom stereocenters. The normalized spacial score (nSPS) is 22.4. The van der Waals surface area contributed by atoms with Gasteiger partial charge in [0.2, 0.25) is 0 Å². The molecule has 3 aliphatic rings. The highest BCUT2D eigenvalue weighted by molar-refractivity contribution is 6.30. The molecule has 4 heteroatoms. The molecular formula is C29H30ClNO2. The first-order valence-electron chi connectivity index (χ1n) is 11.7. The lowest BCUT2D eigenvalue weighted by atomic mass is 9.63. The van der Waals surface area contributed by atoms with E-state index in [9.17, 15) is 9.59 Å². The maximum Gasteiger partial charge on any atom is 0.162 e. The number of benzene rings is 2. The molecule has 0 bridgehead atoms. The second-order valence-corrected chi connectivity index (χ2v) is 11.7. The number of para-hydroxylation sites is 1. The molecule has 1 aliphatic heterocycles. The SMILES string of the molecule is CC1(C)CC(=O)C2=C(C1)N(c1ccccc1)C1=C(C(=O)CC(C)(C)C1)C2c1cccc(Cl)c1. The summed E-state index contributed by atoms with van der Waals surface area (Å²) in [4.78, 5) is 29.7. The zero-order chi connectivity index (χ0) is 23.5. The van der Waals surface area contributed by atoms with Crippen molar-refractivity contribution >= 4 is 28.9 Å². The van der Waals surface area contributed by atoms with Crippen molar-refractivity contribution in [1.29, 1.82) is 0 Å². The van der Waals surface area contributed by atoms with Gasteiger partial charge in [-0.2, -0.15) is 0 Å². The van der Waals surface area contributed by atoms with Crippen molar-refractivity contribution in [2.24, 2.45) is 10.8 Å². The highest BCUT2D eigenvalue weighted by Crippen LogP contribution is 2.55. The third kappa shape index (κ3) is 3.87. The molecule has 0 fully saturated rings. The molecule has 0 N–H and O–H groups in total. The summed E-state index contributed by atoms with van der Waals surface area (Å²) < 4.78 is 0. The number of halogens is 1. The van der Waals surface area contributed by atoms with Gasteiger partial charge < -0.3 is 4.90 Å². The smallest absolute Gasteiger partial charge is 0.162 e. The van der Waals surface area contributed by atoms with Crippen molar-refractivity contribution in [2.75, 3.05) is 4.90 Å². The van der Waals surface area contributed by atoms with Crippen LogP contribution in [0.2, 0.25) is 5.02 Å². The van der Waals surface area contributed by atoms with Crippen LogP contribution in [0.5, 0.6) is 0 Å². The summed E-state index contributed by atoms with van der Waals surface area (Å²) in [5, 5.41) is 0.620. The van der Waals surface area contributed by atoms with Crippen molar-refractivity contribution in [1.82, 2.24) is 0 Å². The first kappa shape index (κ1) is 22.2.